The molecule has 0 unspecified atom stereocenters. The number of benzene rings is 1. The highest BCUT2D eigenvalue weighted by atomic mass is 19.1. The van der Waals surface area contributed by atoms with Crippen LogP contribution in [0.4, 0.5) is 20.3 Å². The number of rotatable bonds is 4. The Balaban J connectivity index is 2.27. The highest BCUT2D eigenvalue weighted by Crippen LogP contribution is 2.26. The predicted molar refractivity (Wildman–Crippen MR) is 66.9 cm³/mol. The van der Waals surface area contributed by atoms with Gasteiger partial charge in [0.25, 0.3) is 11.6 Å². The van der Waals surface area contributed by atoms with E-state index in [9.17, 15) is 18.9 Å². The van der Waals surface area contributed by atoms with Crippen molar-refractivity contribution in [3.63, 3.8) is 0 Å². The van der Waals surface area contributed by atoms with E-state index in [4.69, 9.17) is 4.74 Å². The van der Waals surface area contributed by atoms with Gasteiger partial charge in [-0.15, -0.1) is 0 Å². The van der Waals surface area contributed by atoms with Crippen LogP contribution in [0.5, 0.6) is 11.6 Å². The normalized spacial score (nSPS) is 10.2. The highest BCUT2D eigenvalue weighted by Gasteiger charge is 2.13. The van der Waals surface area contributed by atoms with Gasteiger partial charge in [0.2, 0.25) is 0 Å². The highest BCUT2D eigenvalue weighted by molar-refractivity contribution is 5.41. The first-order chi connectivity index (χ1) is 9.51. The third-order valence-corrected chi connectivity index (χ3v) is 2.40. The summed E-state index contributed by atoms with van der Waals surface area (Å²) in [5.74, 6) is -2.26. The van der Waals surface area contributed by atoms with E-state index in [1.54, 1.807) is 0 Å². The number of anilines is 1. The molecule has 1 heterocycles. The van der Waals surface area contributed by atoms with E-state index in [0.717, 1.165) is 0 Å². The second-order valence-electron chi connectivity index (χ2n) is 3.71. The molecule has 0 aliphatic heterocycles. The molecular formula is C12H9F2N3O3. The molecule has 0 fully saturated rings. The maximum absolute atomic E-state index is 13.5. The predicted octanol–water partition coefficient (Wildman–Crippen LogP) is 3.10. The summed E-state index contributed by atoms with van der Waals surface area (Å²) in [4.78, 5) is 13.5. The quantitative estimate of drug-likeness (QED) is 0.688. The molecule has 6 nitrogen and oxygen atoms in total. The number of hydrogen-bond donors (Lipinski definition) is 1. The zero-order chi connectivity index (χ0) is 14.7. The lowest BCUT2D eigenvalue weighted by molar-refractivity contribution is -0.384. The average Bonchev–Trinajstić information content (AvgIpc) is 2.42. The van der Waals surface area contributed by atoms with Gasteiger partial charge in [0, 0.05) is 25.2 Å². The minimum absolute atomic E-state index is 0.124. The van der Waals surface area contributed by atoms with Crippen molar-refractivity contribution < 1.29 is 18.4 Å². The number of aromatic nitrogens is 1. The summed E-state index contributed by atoms with van der Waals surface area (Å²) in [5, 5.41) is 12.9. The lowest BCUT2D eigenvalue weighted by atomic mass is 10.3. The molecule has 1 aromatic carbocycles. The van der Waals surface area contributed by atoms with Crippen molar-refractivity contribution in [3.8, 4) is 11.6 Å². The first-order valence-electron chi connectivity index (χ1n) is 5.47. The standard InChI is InChI=1S/C12H9F2N3O3/c1-15-11-9(13)6-10(14)12(16-11)20-8-4-2-7(3-5-8)17(18)19/h2-6H,1H3,(H,15,16). The minimum atomic E-state index is -0.972. The molecule has 20 heavy (non-hydrogen) atoms. The zero-order valence-corrected chi connectivity index (χ0v) is 10.3. The van der Waals surface area contributed by atoms with Gasteiger partial charge in [-0.3, -0.25) is 10.1 Å². The van der Waals surface area contributed by atoms with Gasteiger partial charge in [0.05, 0.1) is 4.92 Å². The topological polar surface area (TPSA) is 77.3 Å². The molecule has 1 N–H and O–H groups in total. The third-order valence-electron chi connectivity index (χ3n) is 2.40. The van der Waals surface area contributed by atoms with Crippen LogP contribution < -0.4 is 10.1 Å². The van der Waals surface area contributed by atoms with Crippen molar-refractivity contribution in [2.24, 2.45) is 0 Å². The molecular weight excluding hydrogens is 272 g/mol. The molecule has 0 radical (unpaired) electrons. The fourth-order valence-corrected chi connectivity index (χ4v) is 1.44. The smallest absolute Gasteiger partial charge is 0.269 e. The summed E-state index contributed by atoms with van der Waals surface area (Å²) in [6.07, 6.45) is 0. The van der Waals surface area contributed by atoms with Gasteiger partial charge >= 0.3 is 0 Å². The molecule has 1 aromatic heterocycles. The molecule has 0 bridgehead atoms. The number of nitrogens with one attached hydrogen (secondary N) is 1. The van der Waals surface area contributed by atoms with Crippen LogP contribution >= 0.6 is 0 Å². The maximum atomic E-state index is 13.5. The van der Waals surface area contributed by atoms with Crippen molar-refractivity contribution in [2.45, 2.75) is 0 Å². The lowest BCUT2D eigenvalue weighted by Crippen LogP contribution is -2.01. The fourth-order valence-electron chi connectivity index (χ4n) is 1.44. The van der Waals surface area contributed by atoms with Crippen molar-refractivity contribution >= 4 is 11.5 Å². The van der Waals surface area contributed by atoms with Gasteiger partial charge in [-0.25, -0.2) is 8.78 Å². The Hall–Kier alpha value is -2.77. The van der Waals surface area contributed by atoms with E-state index < -0.39 is 22.4 Å². The average molecular weight is 281 g/mol. The van der Waals surface area contributed by atoms with E-state index in [-0.39, 0.29) is 17.3 Å². The summed E-state index contributed by atoms with van der Waals surface area (Å²) in [6.45, 7) is 0. The second-order valence-corrected chi connectivity index (χ2v) is 3.71. The molecule has 0 spiro atoms. The zero-order valence-electron chi connectivity index (χ0n) is 10.3. The number of nitro groups is 1. The molecule has 0 aliphatic rings. The molecule has 0 amide bonds. The van der Waals surface area contributed by atoms with E-state index >= 15 is 0 Å². The number of ether oxygens (including phenoxy) is 1. The van der Waals surface area contributed by atoms with E-state index in [1.165, 1.54) is 31.3 Å². The lowest BCUT2D eigenvalue weighted by Gasteiger charge is -2.08. The van der Waals surface area contributed by atoms with Crippen molar-refractivity contribution in [3.05, 3.63) is 52.1 Å². The molecule has 8 heteroatoms. The Bertz CT molecular complexity index is 647. The molecule has 0 saturated heterocycles. The molecule has 2 rings (SSSR count). The first-order valence-corrected chi connectivity index (χ1v) is 5.47. The van der Waals surface area contributed by atoms with E-state index in [2.05, 4.69) is 10.3 Å². The Labute approximate surface area is 112 Å². The van der Waals surface area contributed by atoms with Gasteiger partial charge in [0.15, 0.2) is 17.5 Å². The monoisotopic (exact) mass is 281 g/mol. The van der Waals surface area contributed by atoms with Crippen molar-refractivity contribution in [1.82, 2.24) is 4.98 Å². The third kappa shape index (κ3) is 2.79. The van der Waals surface area contributed by atoms with Gasteiger partial charge < -0.3 is 10.1 Å². The summed E-state index contributed by atoms with van der Waals surface area (Å²) in [5.41, 5.74) is -0.124. The number of halogens is 2. The summed E-state index contributed by atoms with van der Waals surface area (Å²) in [6, 6.07) is 5.63. The second kappa shape index (κ2) is 5.47. The molecule has 0 saturated carbocycles. The van der Waals surface area contributed by atoms with Gasteiger partial charge in [-0.2, -0.15) is 4.98 Å². The number of nitrogens with zero attached hydrogens (tertiary/aromatic N) is 2. The van der Waals surface area contributed by atoms with Gasteiger partial charge in [-0.05, 0) is 12.1 Å². The molecule has 0 atom stereocenters. The van der Waals surface area contributed by atoms with Crippen LogP contribution in [0.25, 0.3) is 0 Å². The molecule has 104 valence electrons. The van der Waals surface area contributed by atoms with Gasteiger partial charge in [0.1, 0.15) is 5.75 Å². The number of nitro benzene ring substituents is 1. The van der Waals surface area contributed by atoms with E-state index in [1.807, 2.05) is 0 Å². The van der Waals surface area contributed by atoms with Crippen LogP contribution in [0.15, 0.2) is 30.3 Å². The van der Waals surface area contributed by atoms with Crippen molar-refractivity contribution in [2.75, 3.05) is 12.4 Å². The SMILES string of the molecule is CNc1nc(Oc2ccc([N+](=O)[O-])cc2)c(F)cc1F. The Morgan fingerprint density at radius 1 is 1.25 bits per heavy atom. The van der Waals surface area contributed by atoms with Crippen LogP contribution in [0.1, 0.15) is 0 Å². The van der Waals surface area contributed by atoms with Crippen LogP contribution in [-0.4, -0.2) is 17.0 Å². The summed E-state index contributed by atoms with van der Waals surface area (Å²) < 4.78 is 31.8. The number of pyridine rings is 1. The molecule has 0 aliphatic carbocycles. The Kier molecular flexibility index (Phi) is 3.74. The first kappa shape index (κ1) is 13.7. The van der Waals surface area contributed by atoms with Crippen LogP contribution in [-0.2, 0) is 0 Å². The van der Waals surface area contributed by atoms with Crippen LogP contribution in [0.3, 0.4) is 0 Å². The largest absolute Gasteiger partial charge is 0.436 e. The van der Waals surface area contributed by atoms with Crippen molar-refractivity contribution in [1.29, 1.82) is 0 Å². The van der Waals surface area contributed by atoms with Crippen LogP contribution in [0, 0.1) is 21.7 Å². The van der Waals surface area contributed by atoms with Crippen LogP contribution in [0.2, 0.25) is 0 Å². The minimum Gasteiger partial charge on any atom is -0.436 e. The summed E-state index contributed by atoms with van der Waals surface area (Å²) in [7, 11) is 1.43. The summed E-state index contributed by atoms with van der Waals surface area (Å²) >= 11 is 0. The Morgan fingerprint density at radius 2 is 1.90 bits per heavy atom. The Morgan fingerprint density at radius 3 is 2.45 bits per heavy atom. The number of hydrogen-bond acceptors (Lipinski definition) is 5. The van der Waals surface area contributed by atoms with Gasteiger partial charge in [-0.1, -0.05) is 0 Å². The molecule has 2 aromatic rings. The number of non-ortho nitro benzene ring substituents is 1. The maximum Gasteiger partial charge on any atom is 0.269 e. The fraction of sp³-hybridized carbons (Fsp3) is 0.0833. The van der Waals surface area contributed by atoms with E-state index in [0.29, 0.717) is 6.07 Å².